The van der Waals surface area contributed by atoms with Gasteiger partial charge in [-0.2, -0.15) is 0 Å². The van der Waals surface area contributed by atoms with Crippen LogP contribution in [-0.2, 0) is 13.2 Å². The number of nitrogens with one attached hydrogen (secondary N) is 3. The van der Waals surface area contributed by atoms with Crippen molar-refractivity contribution in [2.75, 3.05) is 19.6 Å². The lowest BCUT2D eigenvalue weighted by atomic mass is 9.84. The highest BCUT2D eigenvalue weighted by atomic mass is 16.6. The third-order valence-electron chi connectivity index (χ3n) is 9.56. The normalized spacial score (nSPS) is 11.0. The Bertz CT molecular complexity index is 2310. The number of carbonyl (C=O) groups excluding carboxylic acids is 3. The van der Waals surface area contributed by atoms with Crippen LogP contribution in [0.15, 0.2) is 125 Å². The van der Waals surface area contributed by atoms with Gasteiger partial charge in [0.25, 0.3) is 17.7 Å². The van der Waals surface area contributed by atoms with Crippen LogP contribution < -0.4 is 41.7 Å². The molecule has 0 aliphatic heterocycles. The molecule has 0 aliphatic carbocycles. The highest BCUT2D eigenvalue weighted by molar-refractivity contribution is 5.94. The fraction of sp³-hybridized carbons (Fsp3) is 0.302. The number of rotatable bonds is 22. The minimum atomic E-state index is -1.58. The molecule has 0 radical (unpaired) electrons. The van der Waals surface area contributed by atoms with E-state index in [1.54, 1.807) is 48.5 Å². The lowest BCUT2D eigenvalue weighted by Crippen LogP contribution is -2.41. The van der Waals surface area contributed by atoms with Gasteiger partial charge in [0.05, 0.1) is 18.8 Å². The van der Waals surface area contributed by atoms with Gasteiger partial charge in [-0.25, -0.2) is 0 Å². The van der Waals surface area contributed by atoms with Crippen molar-refractivity contribution >= 4 is 17.7 Å². The maximum atomic E-state index is 13.2. The molecule has 0 fully saturated rings. The highest BCUT2D eigenvalue weighted by Gasteiger charge is 2.41. The van der Waals surface area contributed by atoms with E-state index in [1.807, 2.05) is 12.1 Å². The number of nitrogens with zero attached hydrogens (tertiary/aromatic N) is 1. The summed E-state index contributed by atoms with van der Waals surface area (Å²) in [4.78, 5) is 88.7. The summed E-state index contributed by atoms with van der Waals surface area (Å²) >= 11 is 0. The second-order valence-electron chi connectivity index (χ2n) is 13.7. The molecule has 17 nitrogen and oxygen atoms in total. The van der Waals surface area contributed by atoms with Gasteiger partial charge in [0.15, 0.2) is 11.2 Å². The number of nitro groups is 1. The first kappa shape index (κ1) is 43.8. The van der Waals surface area contributed by atoms with Crippen LogP contribution in [0.1, 0.15) is 86.9 Å². The summed E-state index contributed by atoms with van der Waals surface area (Å²) in [5.41, 5.74) is -1.46. The molecule has 0 unspecified atom stereocenters. The zero-order valence-corrected chi connectivity index (χ0v) is 32.8. The van der Waals surface area contributed by atoms with Gasteiger partial charge in [0.2, 0.25) is 39.4 Å². The van der Waals surface area contributed by atoms with Crippen molar-refractivity contribution in [1.29, 1.82) is 0 Å². The maximum Gasteiger partial charge on any atom is 0.291 e. The summed E-state index contributed by atoms with van der Waals surface area (Å²) < 4.78 is 27.2. The quantitative estimate of drug-likeness (QED) is 0.0476. The molecule has 0 bridgehead atoms. The molecule has 314 valence electrons. The first-order valence-corrected chi connectivity index (χ1v) is 19.1. The molecule has 0 saturated heterocycles. The molecule has 0 aliphatic rings. The Morgan fingerprint density at radius 1 is 0.583 bits per heavy atom. The average molecular weight is 825 g/mol. The molecule has 3 N–H and O–H groups in total. The van der Waals surface area contributed by atoms with Crippen molar-refractivity contribution in [3.05, 3.63) is 172 Å². The summed E-state index contributed by atoms with van der Waals surface area (Å²) in [5.74, 6) is -3.59. The Balaban J connectivity index is 1.22. The Morgan fingerprint density at radius 3 is 1.35 bits per heavy atom. The number of hydrogen-bond donors (Lipinski definition) is 3. The third-order valence-corrected chi connectivity index (χ3v) is 9.56. The van der Waals surface area contributed by atoms with Crippen molar-refractivity contribution in [2.45, 2.75) is 64.2 Å². The molecule has 3 amide bonds. The summed E-state index contributed by atoms with van der Waals surface area (Å²) in [6.07, 6.45) is 3.55. The van der Waals surface area contributed by atoms with Crippen LogP contribution in [0, 0.1) is 17.0 Å². The van der Waals surface area contributed by atoms with E-state index < -0.39 is 39.0 Å². The smallest absolute Gasteiger partial charge is 0.291 e. The second kappa shape index (κ2) is 21.5. The molecule has 60 heavy (non-hydrogen) atoms. The largest absolute Gasteiger partial charge is 0.481 e. The minimum Gasteiger partial charge on any atom is -0.481 e. The van der Waals surface area contributed by atoms with E-state index in [2.05, 4.69) is 16.0 Å². The first-order chi connectivity index (χ1) is 29.0. The van der Waals surface area contributed by atoms with Crippen LogP contribution in [0.5, 0.6) is 11.5 Å². The molecule has 0 atom stereocenters. The molecule has 0 saturated carbocycles. The fourth-order valence-electron chi connectivity index (χ4n) is 6.32. The van der Waals surface area contributed by atoms with Crippen molar-refractivity contribution in [3.8, 4) is 11.5 Å². The Hall–Kier alpha value is -7.30. The van der Waals surface area contributed by atoms with Crippen LogP contribution >= 0.6 is 0 Å². The first-order valence-electron chi connectivity index (χ1n) is 19.1. The van der Waals surface area contributed by atoms with Gasteiger partial charge in [-0.1, -0.05) is 60.7 Å². The van der Waals surface area contributed by atoms with E-state index in [-0.39, 0.29) is 111 Å². The zero-order chi connectivity index (χ0) is 42.9. The molecular weight excluding hydrogens is 780 g/mol. The Kier molecular flexibility index (Phi) is 15.7. The lowest BCUT2D eigenvalue weighted by molar-refractivity contribution is -0.574. The van der Waals surface area contributed by atoms with Crippen LogP contribution in [0.4, 0.5) is 0 Å². The van der Waals surface area contributed by atoms with Crippen LogP contribution in [0.3, 0.4) is 0 Å². The number of ether oxygens (including phenoxy) is 2. The topological polar surface area (TPSA) is 240 Å². The van der Waals surface area contributed by atoms with E-state index in [1.165, 1.54) is 13.0 Å². The summed E-state index contributed by atoms with van der Waals surface area (Å²) in [7, 11) is 0. The van der Waals surface area contributed by atoms with Crippen molar-refractivity contribution in [1.82, 2.24) is 16.0 Å². The van der Waals surface area contributed by atoms with E-state index >= 15 is 0 Å². The van der Waals surface area contributed by atoms with Gasteiger partial charge in [-0.3, -0.25) is 38.9 Å². The van der Waals surface area contributed by atoms with Gasteiger partial charge in [0, 0.05) is 67.6 Å². The van der Waals surface area contributed by atoms with Crippen molar-refractivity contribution in [2.24, 2.45) is 0 Å². The van der Waals surface area contributed by atoms with Gasteiger partial charge >= 0.3 is 0 Å². The SMILES string of the molecule is Cc1c(C(=O)NCCCC(CCCNC(=O)c2occc(=O)c2OCc2ccccc2)(CCCNC(=O)c2occc(=O)c2OCc2ccccc2)[N+](=O)[O-])occc1=O. The second-order valence-corrected chi connectivity index (χ2v) is 13.7. The molecule has 3 aromatic heterocycles. The molecule has 17 heteroatoms. The zero-order valence-electron chi connectivity index (χ0n) is 32.8. The lowest BCUT2D eigenvalue weighted by Gasteiger charge is -2.26. The molecule has 0 spiro atoms. The average Bonchev–Trinajstić information content (AvgIpc) is 3.25. The minimum absolute atomic E-state index is 0.00452. The maximum absolute atomic E-state index is 13.2. The fourth-order valence-corrected chi connectivity index (χ4v) is 6.32. The summed E-state index contributed by atoms with van der Waals surface area (Å²) in [6, 6.07) is 21.4. The summed E-state index contributed by atoms with van der Waals surface area (Å²) in [5, 5.41) is 20.8. The molecule has 3 heterocycles. The van der Waals surface area contributed by atoms with E-state index in [4.69, 9.17) is 22.7 Å². The Morgan fingerprint density at radius 2 is 0.950 bits per heavy atom. The summed E-state index contributed by atoms with van der Waals surface area (Å²) in [6.45, 7) is 1.39. The molecule has 2 aromatic carbocycles. The van der Waals surface area contributed by atoms with E-state index in [0.29, 0.717) is 0 Å². The van der Waals surface area contributed by atoms with Crippen LogP contribution in [0.25, 0.3) is 0 Å². The van der Waals surface area contributed by atoms with Crippen molar-refractivity contribution in [3.63, 3.8) is 0 Å². The van der Waals surface area contributed by atoms with Gasteiger partial charge in [-0.05, 0) is 37.3 Å². The molecular formula is C43H44N4O13. The van der Waals surface area contributed by atoms with Crippen LogP contribution in [-0.4, -0.2) is 47.8 Å². The van der Waals surface area contributed by atoms with Crippen molar-refractivity contribution < 1.29 is 42.0 Å². The number of amides is 3. The highest BCUT2D eigenvalue weighted by Crippen LogP contribution is 2.29. The van der Waals surface area contributed by atoms with Gasteiger partial charge in [0.1, 0.15) is 13.2 Å². The number of benzene rings is 2. The Labute approximate surface area is 342 Å². The third kappa shape index (κ3) is 11.9. The van der Waals surface area contributed by atoms with E-state index in [0.717, 1.165) is 42.0 Å². The molecule has 5 aromatic rings. The van der Waals surface area contributed by atoms with Crippen LogP contribution in [0.2, 0.25) is 0 Å². The van der Waals surface area contributed by atoms with Gasteiger partial charge in [-0.15, -0.1) is 0 Å². The predicted molar refractivity (Wildman–Crippen MR) is 216 cm³/mol. The molecule has 5 rings (SSSR count). The number of carbonyl (C=O) groups is 3. The standard InChI is InChI=1S/C43H44N4O13/c1-29-32(48)15-24-56-35(29)40(51)44-21-8-18-43(47(54)55,19-9-22-45-41(52)38-36(33(49)16-25-57-38)59-27-30-11-4-2-5-12-30)20-10-23-46-42(53)39-37(34(50)17-26-58-39)60-28-31-13-6-3-7-14-31/h2-7,11-17,24-26H,8-10,18-23,27-28H2,1H3,(H,44,51)(H,45,52)(H,46,53). The van der Waals surface area contributed by atoms with Gasteiger partial charge < -0.3 is 38.7 Å². The monoisotopic (exact) mass is 824 g/mol. The van der Waals surface area contributed by atoms with E-state index in [9.17, 15) is 38.9 Å². The predicted octanol–water partition coefficient (Wildman–Crippen LogP) is 4.96. The number of hydrogen-bond acceptors (Lipinski definition) is 13.